The lowest BCUT2D eigenvalue weighted by atomic mass is 10.2. The summed E-state index contributed by atoms with van der Waals surface area (Å²) in [5.74, 6) is 1.93. The predicted octanol–water partition coefficient (Wildman–Crippen LogP) is 5.12. The molecule has 0 radical (unpaired) electrons. The number of benzene rings is 3. The van der Waals surface area contributed by atoms with E-state index in [2.05, 4.69) is 10.6 Å². The topological polar surface area (TPSA) is 79.9 Å². The molecule has 1 heterocycles. The Morgan fingerprint density at radius 2 is 1.41 bits per heavy atom. The highest BCUT2D eigenvalue weighted by Crippen LogP contribution is 2.25. The molecular weight excluding hydrogens is 406 g/mol. The Morgan fingerprint density at radius 3 is 2.06 bits per heavy atom. The van der Waals surface area contributed by atoms with Crippen molar-refractivity contribution in [2.45, 2.75) is 18.9 Å². The number of carbonyl (C=O) groups is 2. The maximum atomic E-state index is 12.9. The first kappa shape index (κ1) is 21.2. The van der Waals surface area contributed by atoms with E-state index in [4.69, 9.17) is 9.47 Å². The van der Waals surface area contributed by atoms with E-state index in [1.807, 2.05) is 30.3 Å². The maximum Gasteiger partial charge on any atom is 0.322 e. The zero-order chi connectivity index (χ0) is 22.3. The minimum atomic E-state index is -0.520. The van der Waals surface area contributed by atoms with Crippen LogP contribution < -0.4 is 20.1 Å². The summed E-state index contributed by atoms with van der Waals surface area (Å²) in [6, 6.07) is 22.9. The number of anilines is 2. The molecule has 3 aromatic carbocycles. The lowest BCUT2D eigenvalue weighted by molar-refractivity contribution is -0.119. The molecule has 3 amide bonds. The predicted molar refractivity (Wildman–Crippen MR) is 123 cm³/mol. The third-order valence-corrected chi connectivity index (χ3v) is 5.26. The summed E-state index contributed by atoms with van der Waals surface area (Å²) in [5.41, 5.74) is 1.30. The van der Waals surface area contributed by atoms with E-state index in [9.17, 15) is 9.59 Å². The van der Waals surface area contributed by atoms with Gasteiger partial charge in [-0.15, -0.1) is 0 Å². The number of urea groups is 1. The van der Waals surface area contributed by atoms with Crippen LogP contribution in [0.1, 0.15) is 12.8 Å². The standard InChI is InChI=1S/C25H25N3O4/c1-31-20-13-9-19(10-14-20)27-25(30)28-17-5-8-23(28)24(29)26-18-11-15-22(16-12-18)32-21-6-3-2-4-7-21/h2-4,6-7,9-16,23H,5,8,17H2,1H3,(H,26,29)(H,27,30)/t23-/m0/s1. The van der Waals surface area contributed by atoms with E-state index in [0.717, 1.165) is 12.2 Å². The van der Waals surface area contributed by atoms with Gasteiger partial charge >= 0.3 is 6.03 Å². The average Bonchev–Trinajstić information content (AvgIpc) is 3.32. The molecule has 2 N–H and O–H groups in total. The number of ether oxygens (including phenoxy) is 2. The zero-order valence-corrected chi connectivity index (χ0v) is 17.8. The molecule has 1 aliphatic heterocycles. The molecule has 0 spiro atoms. The highest BCUT2D eigenvalue weighted by molar-refractivity contribution is 5.99. The Labute approximate surface area is 187 Å². The molecule has 7 heteroatoms. The van der Waals surface area contributed by atoms with Crippen LogP contribution in [0, 0.1) is 0 Å². The van der Waals surface area contributed by atoms with Gasteiger partial charge in [0.15, 0.2) is 0 Å². The van der Waals surface area contributed by atoms with Gasteiger partial charge in [-0.1, -0.05) is 18.2 Å². The Hall–Kier alpha value is -4.00. The molecule has 164 valence electrons. The molecule has 3 aromatic rings. The normalized spacial score (nSPS) is 15.2. The van der Waals surface area contributed by atoms with Crippen LogP contribution in [0.5, 0.6) is 17.2 Å². The van der Waals surface area contributed by atoms with Crippen molar-refractivity contribution >= 4 is 23.3 Å². The number of hydrogen-bond donors (Lipinski definition) is 2. The van der Waals surface area contributed by atoms with E-state index in [1.165, 1.54) is 0 Å². The van der Waals surface area contributed by atoms with Gasteiger partial charge in [-0.2, -0.15) is 0 Å². The maximum absolute atomic E-state index is 12.9. The molecule has 0 aromatic heterocycles. The second-order valence-corrected chi connectivity index (χ2v) is 7.44. The fourth-order valence-corrected chi connectivity index (χ4v) is 3.61. The number of amides is 3. The fraction of sp³-hybridized carbons (Fsp3) is 0.200. The van der Waals surface area contributed by atoms with E-state index < -0.39 is 6.04 Å². The van der Waals surface area contributed by atoms with E-state index >= 15 is 0 Å². The summed E-state index contributed by atoms with van der Waals surface area (Å²) in [7, 11) is 1.59. The summed E-state index contributed by atoms with van der Waals surface area (Å²) < 4.78 is 10.9. The first-order valence-corrected chi connectivity index (χ1v) is 10.5. The Balaban J connectivity index is 1.35. The second kappa shape index (κ2) is 9.87. The van der Waals surface area contributed by atoms with Crippen molar-refractivity contribution in [1.29, 1.82) is 0 Å². The third kappa shape index (κ3) is 5.18. The number of methoxy groups -OCH3 is 1. The van der Waals surface area contributed by atoms with Crippen molar-refractivity contribution in [2.24, 2.45) is 0 Å². The molecule has 1 saturated heterocycles. The van der Waals surface area contributed by atoms with E-state index in [0.29, 0.717) is 35.8 Å². The van der Waals surface area contributed by atoms with Gasteiger partial charge in [0.1, 0.15) is 23.3 Å². The molecule has 1 aliphatic rings. The minimum Gasteiger partial charge on any atom is -0.497 e. The SMILES string of the molecule is COc1ccc(NC(=O)N2CCC[C@H]2C(=O)Nc2ccc(Oc3ccccc3)cc2)cc1. The van der Waals surface area contributed by atoms with Gasteiger partial charge in [0.2, 0.25) is 5.91 Å². The summed E-state index contributed by atoms with van der Waals surface area (Å²) in [6.45, 7) is 0.532. The van der Waals surface area contributed by atoms with E-state index in [-0.39, 0.29) is 11.9 Å². The van der Waals surface area contributed by atoms with Crippen LogP contribution >= 0.6 is 0 Å². The van der Waals surface area contributed by atoms with Gasteiger partial charge in [0.25, 0.3) is 0 Å². The molecular formula is C25H25N3O4. The number of hydrogen-bond acceptors (Lipinski definition) is 4. The number of likely N-dealkylation sites (tertiary alicyclic amines) is 1. The van der Waals surface area contributed by atoms with Crippen molar-refractivity contribution in [1.82, 2.24) is 4.90 Å². The van der Waals surface area contributed by atoms with Crippen molar-refractivity contribution in [3.63, 3.8) is 0 Å². The summed E-state index contributed by atoms with van der Waals surface area (Å²) in [5, 5.41) is 5.76. The van der Waals surface area contributed by atoms with Crippen LogP contribution in [0.25, 0.3) is 0 Å². The molecule has 0 bridgehead atoms. The molecule has 32 heavy (non-hydrogen) atoms. The highest BCUT2D eigenvalue weighted by atomic mass is 16.5. The molecule has 0 aliphatic carbocycles. The van der Waals surface area contributed by atoms with Crippen LogP contribution in [0.3, 0.4) is 0 Å². The summed E-state index contributed by atoms with van der Waals surface area (Å²) in [6.07, 6.45) is 1.40. The van der Waals surface area contributed by atoms with Gasteiger partial charge < -0.3 is 25.0 Å². The number of nitrogens with zero attached hydrogens (tertiary/aromatic N) is 1. The Morgan fingerprint density at radius 1 is 0.812 bits per heavy atom. The number of nitrogens with one attached hydrogen (secondary N) is 2. The first-order valence-electron chi connectivity index (χ1n) is 10.5. The molecule has 7 nitrogen and oxygen atoms in total. The highest BCUT2D eigenvalue weighted by Gasteiger charge is 2.34. The lowest BCUT2D eigenvalue weighted by Gasteiger charge is -2.24. The quantitative estimate of drug-likeness (QED) is 0.568. The van der Waals surface area contributed by atoms with Crippen LogP contribution in [0.2, 0.25) is 0 Å². The number of carbonyl (C=O) groups excluding carboxylic acids is 2. The van der Waals surface area contributed by atoms with Gasteiger partial charge in [-0.3, -0.25) is 4.79 Å². The minimum absolute atomic E-state index is 0.205. The fourth-order valence-electron chi connectivity index (χ4n) is 3.61. The van der Waals surface area contributed by atoms with Gasteiger partial charge in [-0.25, -0.2) is 4.79 Å². The molecule has 1 atom stereocenters. The lowest BCUT2D eigenvalue weighted by Crippen LogP contribution is -2.45. The van der Waals surface area contributed by atoms with Crippen molar-refractivity contribution < 1.29 is 19.1 Å². The van der Waals surface area contributed by atoms with Gasteiger partial charge in [0.05, 0.1) is 7.11 Å². The number of rotatable bonds is 6. The molecule has 0 unspecified atom stereocenters. The Bertz CT molecular complexity index is 1050. The second-order valence-electron chi connectivity index (χ2n) is 7.44. The first-order chi connectivity index (χ1) is 15.6. The van der Waals surface area contributed by atoms with Gasteiger partial charge in [-0.05, 0) is 73.5 Å². The number of para-hydroxylation sites is 1. The molecule has 1 fully saturated rings. The van der Waals surface area contributed by atoms with Gasteiger partial charge in [0, 0.05) is 17.9 Å². The third-order valence-electron chi connectivity index (χ3n) is 5.26. The molecule has 4 rings (SSSR count). The van der Waals surface area contributed by atoms with Crippen LogP contribution in [0.15, 0.2) is 78.9 Å². The van der Waals surface area contributed by atoms with Crippen LogP contribution in [-0.4, -0.2) is 36.5 Å². The van der Waals surface area contributed by atoms with Crippen molar-refractivity contribution in [3.05, 3.63) is 78.9 Å². The summed E-state index contributed by atoms with van der Waals surface area (Å²) >= 11 is 0. The van der Waals surface area contributed by atoms with Crippen LogP contribution in [-0.2, 0) is 4.79 Å². The molecule has 0 saturated carbocycles. The zero-order valence-electron chi connectivity index (χ0n) is 17.8. The van der Waals surface area contributed by atoms with E-state index in [1.54, 1.807) is 60.5 Å². The summed E-state index contributed by atoms with van der Waals surface area (Å²) in [4.78, 5) is 27.2. The van der Waals surface area contributed by atoms with Crippen LogP contribution in [0.4, 0.5) is 16.2 Å². The largest absolute Gasteiger partial charge is 0.497 e. The Kier molecular flexibility index (Phi) is 6.55. The van der Waals surface area contributed by atoms with Crippen molar-refractivity contribution in [3.8, 4) is 17.2 Å². The monoisotopic (exact) mass is 431 g/mol. The average molecular weight is 431 g/mol. The van der Waals surface area contributed by atoms with Crippen molar-refractivity contribution in [2.75, 3.05) is 24.3 Å². The smallest absolute Gasteiger partial charge is 0.322 e.